The molecule has 2 fully saturated rings. The van der Waals surface area contributed by atoms with Gasteiger partial charge in [-0.2, -0.15) is 0 Å². The van der Waals surface area contributed by atoms with Crippen LogP contribution in [0.2, 0.25) is 0 Å². The number of fused-ring (bicyclic) bond motifs is 1. The average molecular weight is 156 g/mol. The topological polar surface area (TPSA) is 32.8 Å². The van der Waals surface area contributed by atoms with E-state index in [0.717, 1.165) is 12.3 Å². The second-order valence-corrected chi connectivity index (χ2v) is 4.02. The quantitative estimate of drug-likeness (QED) is 0.612. The Labute approximate surface area is 67.6 Å². The van der Waals surface area contributed by atoms with Crippen LogP contribution in [0.15, 0.2) is 0 Å². The van der Waals surface area contributed by atoms with Crippen molar-refractivity contribution in [1.29, 1.82) is 0 Å². The lowest BCUT2D eigenvalue weighted by Gasteiger charge is -2.20. The second-order valence-electron chi connectivity index (χ2n) is 4.02. The highest BCUT2D eigenvalue weighted by Crippen LogP contribution is 2.51. The highest BCUT2D eigenvalue weighted by molar-refractivity contribution is 5.05. The van der Waals surface area contributed by atoms with Crippen LogP contribution >= 0.6 is 0 Å². The van der Waals surface area contributed by atoms with Crippen LogP contribution in [0, 0.1) is 5.92 Å². The lowest BCUT2D eigenvalue weighted by Crippen LogP contribution is -2.24. The van der Waals surface area contributed by atoms with Crippen LogP contribution in [0.4, 0.5) is 0 Å². The van der Waals surface area contributed by atoms with E-state index in [2.05, 4.69) is 6.92 Å². The van der Waals surface area contributed by atoms with Gasteiger partial charge in [-0.1, -0.05) is 6.92 Å². The summed E-state index contributed by atoms with van der Waals surface area (Å²) in [5.41, 5.74) is 0.126. The molecule has 2 heteroatoms. The normalized spacial score (nSPS) is 48.5. The number of hydrogen-bond donors (Lipinski definition) is 1. The van der Waals surface area contributed by atoms with Crippen LogP contribution in [0.5, 0.6) is 0 Å². The highest BCUT2D eigenvalue weighted by Gasteiger charge is 2.57. The highest BCUT2D eigenvalue weighted by atomic mass is 16.6. The molecule has 1 N–H and O–H groups in total. The third kappa shape index (κ3) is 1.18. The molecule has 1 aliphatic carbocycles. The van der Waals surface area contributed by atoms with E-state index in [0.29, 0.717) is 6.10 Å². The predicted octanol–water partition coefficient (Wildman–Crippen LogP) is 1.33. The Morgan fingerprint density at radius 2 is 2.45 bits per heavy atom. The van der Waals surface area contributed by atoms with Crippen molar-refractivity contribution in [3.63, 3.8) is 0 Å². The Kier molecular flexibility index (Phi) is 1.69. The average Bonchev–Trinajstić information content (AvgIpc) is 2.63. The van der Waals surface area contributed by atoms with Crippen molar-refractivity contribution in [3.05, 3.63) is 0 Å². The van der Waals surface area contributed by atoms with Gasteiger partial charge < -0.3 is 9.84 Å². The number of hydrogen-bond acceptors (Lipinski definition) is 2. The van der Waals surface area contributed by atoms with Gasteiger partial charge in [0.25, 0.3) is 0 Å². The summed E-state index contributed by atoms with van der Waals surface area (Å²) in [7, 11) is 0. The molecule has 2 nitrogen and oxygen atoms in total. The van der Waals surface area contributed by atoms with Crippen molar-refractivity contribution in [2.45, 2.75) is 44.3 Å². The summed E-state index contributed by atoms with van der Waals surface area (Å²) in [6.45, 7) is 2.56. The third-order valence-corrected chi connectivity index (χ3v) is 3.12. The minimum atomic E-state index is 0.126. The first-order valence-electron chi connectivity index (χ1n) is 4.55. The van der Waals surface area contributed by atoms with Gasteiger partial charge >= 0.3 is 0 Å². The van der Waals surface area contributed by atoms with E-state index in [9.17, 15) is 0 Å². The van der Waals surface area contributed by atoms with E-state index < -0.39 is 0 Å². The molecule has 11 heavy (non-hydrogen) atoms. The molecule has 3 unspecified atom stereocenters. The van der Waals surface area contributed by atoms with Gasteiger partial charge in [-0.05, 0) is 25.2 Å². The molecule has 0 aromatic heterocycles. The minimum absolute atomic E-state index is 0.126. The summed E-state index contributed by atoms with van der Waals surface area (Å²) >= 11 is 0. The molecule has 1 aliphatic heterocycles. The van der Waals surface area contributed by atoms with Crippen molar-refractivity contribution in [1.82, 2.24) is 0 Å². The molecule has 0 amide bonds. The van der Waals surface area contributed by atoms with Crippen LogP contribution < -0.4 is 0 Å². The molecule has 0 aromatic carbocycles. The van der Waals surface area contributed by atoms with Gasteiger partial charge in [0.1, 0.15) is 0 Å². The van der Waals surface area contributed by atoms with Gasteiger partial charge in [-0.25, -0.2) is 0 Å². The van der Waals surface area contributed by atoms with Crippen molar-refractivity contribution < 1.29 is 9.84 Å². The van der Waals surface area contributed by atoms with Gasteiger partial charge in [0.2, 0.25) is 0 Å². The fourth-order valence-corrected chi connectivity index (χ4v) is 2.24. The zero-order valence-electron chi connectivity index (χ0n) is 7.05. The molecule has 64 valence electrons. The predicted molar refractivity (Wildman–Crippen MR) is 42.3 cm³/mol. The molecule has 0 spiro atoms. The largest absolute Gasteiger partial charge is 0.396 e. The molecule has 0 aromatic rings. The van der Waals surface area contributed by atoms with Crippen LogP contribution in [-0.2, 0) is 4.74 Å². The summed E-state index contributed by atoms with van der Waals surface area (Å²) in [4.78, 5) is 0. The number of rotatable bonds is 2. The van der Waals surface area contributed by atoms with E-state index in [1.807, 2.05) is 0 Å². The summed E-state index contributed by atoms with van der Waals surface area (Å²) < 4.78 is 5.62. The Morgan fingerprint density at radius 3 is 3.09 bits per heavy atom. The number of aliphatic hydroxyl groups is 1. The maximum absolute atomic E-state index is 8.80. The Hall–Kier alpha value is -0.0800. The lowest BCUT2D eigenvalue weighted by atomic mass is 9.81. The molecule has 0 radical (unpaired) electrons. The van der Waals surface area contributed by atoms with E-state index in [4.69, 9.17) is 9.84 Å². The number of aliphatic hydroxyl groups excluding tert-OH is 1. The van der Waals surface area contributed by atoms with Crippen LogP contribution in [0.25, 0.3) is 0 Å². The fraction of sp³-hybridized carbons (Fsp3) is 1.00. The smallest absolute Gasteiger partial charge is 0.0970 e. The van der Waals surface area contributed by atoms with E-state index in [1.165, 1.54) is 19.3 Å². The maximum Gasteiger partial charge on any atom is 0.0970 e. The van der Waals surface area contributed by atoms with Crippen molar-refractivity contribution in [2.75, 3.05) is 6.61 Å². The number of epoxide rings is 1. The second kappa shape index (κ2) is 2.46. The first-order chi connectivity index (χ1) is 5.27. The minimum Gasteiger partial charge on any atom is -0.396 e. The third-order valence-electron chi connectivity index (χ3n) is 3.12. The number of ether oxygens (including phenoxy) is 1. The van der Waals surface area contributed by atoms with E-state index in [-0.39, 0.29) is 12.2 Å². The molecular weight excluding hydrogens is 140 g/mol. The van der Waals surface area contributed by atoms with Gasteiger partial charge in [0.15, 0.2) is 0 Å². The Balaban J connectivity index is 1.92. The standard InChI is InChI=1S/C9H16O2/c1-7-2-3-9(4-5-10)8(6-7)11-9/h7-8,10H,2-6H2,1H3. The van der Waals surface area contributed by atoms with Gasteiger partial charge in [-0.3, -0.25) is 0 Å². The summed E-state index contributed by atoms with van der Waals surface area (Å²) in [5, 5.41) is 8.80. The summed E-state index contributed by atoms with van der Waals surface area (Å²) in [5.74, 6) is 0.828. The zero-order valence-corrected chi connectivity index (χ0v) is 7.05. The molecule has 2 aliphatic rings. The van der Waals surface area contributed by atoms with E-state index in [1.54, 1.807) is 0 Å². The first-order valence-corrected chi connectivity index (χ1v) is 4.55. The van der Waals surface area contributed by atoms with Crippen molar-refractivity contribution in [3.8, 4) is 0 Å². The zero-order chi connectivity index (χ0) is 7.90. The maximum atomic E-state index is 8.80. The van der Waals surface area contributed by atoms with Gasteiger partial charge in [-0.15, -0.1) is 0 Å². The molecule has 3 atom stereocenters. The van der Waals surface area contributed by atoms with Gasteiger partial charge in [0.05, 0.1) is 11.7 Å². The molecule has 0 bridgehead atoms. The molecule has 2 rings (SSSR count). The SMILES string of the molecule is CC1CCC2(CCO)OC2C1. The Morgan fingerprint density at radius 1 is 1.64 bits per heavy atom. The summed E-state index contributed by atoms with van der Waals surface area (Å²) in [6, 6.07) is 0. The Bertz CT molecular complexity index is 158. The summed E-state index contributed by atoms with van der Waals surface area (Å²) in [6.07, 6.45) is 4.98. The van der Waals surface area contributed by atoms with E-state index >= 15 is 0 Å². The van der Waals surface area contributed by atoms with Crippen LogP contribution in [-0.4, -0.2) is 23.4 Å². The fourth-order valence-electron chi connectivity index (χ4n) is 2.24. The monoisotopic (exact) mass is 156 g/mol. The lowest BCUT2D eigenvalue weighted by molar-refractivity contribution is 0.201. The first kappa shape index (κ1) is 7.56. The van der Waals surface area contributed by atoms with Crippen molar-refractivity contribution in [2.24, 2.45) is 5.92 Å². The molecule has 1 heterocycles. The molecular formula is C9H16O2. The van der Waals surface area contributed by atoms with Crippen LogP contribution in [0.1, 0.15) is 32.6 Å². The molecule has 1 saturated heterocycles. The van der Waals surface area contributed by atoms with Crippen molar-refractivity contribution >= 4 is 0 Å². The van der Waals surface area contributed by atoms with Crippen LogP contribution in [0.3, 0.4) is 0 Å². The van der Waals surface area contributed by atoms with Gasteiger partial charge in [0, 0.05) is 13.0 Å². The molecule has 1 saturated carbocycles.